The number of carbonyl (C=O) groups excluding carboxylic acids is 1. The number of aryl methyl sites for hydroxylation is 1. The van der Waals surface area contributed by atoms with Crippen molar-refractivity contribution >= 4 is 16.2 Å². The van der Waals surface area contributed by atoms with Crippen LogP contribution in [0.1, 0.15) is 21.5 Å². The van der Waals surface area contributed by atoms with Crippen LogP contribution in [0.25, 0.3) is 0 Å². The summed E-state index contributed by atoms with van der Waals surface area (Å²) in [6.07, 6.45) is 0. The van der Waals surface area contributed by atoms with E-state index in [4.69, 9.17) is 4.74 Å². The van der Waals surface area contributed by atoms with Gasteiger partial charge in [-0.25, -0.2) is 9.18 Å². The topological polar surface area (TPSA) is 26.3 Å². The van der Waals surface area contributed by atoms with Gasteiger partial charge >= 0.3 is 5.97 Å². The molecule has 4 heteroatoms. The molecule has 0 amide bonds. The molecule has 98 valence electrons. The van der Waals surface area contributed by atoms with Gasteiger partial charge in [0.2, 0.25) is 0 Å². The maximum absolute atomic E-state index is 13.3. The molecule has 0 aromatic heterocycles. The first-order valence-electron chi connectivity index (χ1n) is 6.17. The Bertz CT molecular complexity index is 594. The Morgan fingerprint density at radius 1 is 1.21 bits per heavy atom. The SMILES string of the molecule is Cc1ccc(OC(=O)c2ccc(C[SiH3])cc2)cc1F. The van der Waals surface area contributed by atoms with Crippen molar-refractivity contribution < 1.29 is 13.9 Å². The second-order valence-corrected chi connectivity index (χ2v) is 5.06. The van der Waals surface area contributed by atoms with Gasteiger partial charge in [-0.15, -0.1) is 0 Å². The van der Waals surface area contributed by atoms with Crippen LogP contribution in [0.15, 0.2) is 42.5 Å². The van der Waals surface area contributed by atoms with E-state index in [0.717, 1.165) is 16.3 Å². The minimum Gasteiger partial charge on any atom is -0.423 e. The van der Waals surface area contributed by atoms with Gasteiger partial charge in [-0.1, -0.05) is 23.8 Å². The highest BCUT2D eigenvalue weighted by Crippen LogP contribution is 2.17. The smallest absolute Gasteiger partial charge is 0.343 e. The molecular weight excluding hydrogens is 259 g/mol. The number of esters is 1. The summed E-state index contributed by atoms with van der Waals surface area (Å²) in [5.74, 6) is -0.625. The number of ether oxygens (including phenoxy) is 1. The Labute approximate surface area is 114 Å². The maximum Gasteiger partial charge on any atom is 0.343 e. The van der Waals surface area contributed by atoms with Crippen LogP contribution in [0.4, 0.5) is 4.39 Å². The summed E-state index contributed by atoms with van der Waals surface area (Å²) in [6, 6.07) is 12.8. The zero-order valence-electron chi connectivity index (χ0n) is 10.9. The quantitative estimate of drug-likeness (QED) is 0.487. The largest absolute Gasteiger partial charge is 0.423 e. The third-order valence-corrected chi connectivity index (χ3v) is 3.77. The van der Waals surface area contributed by atoms with Crippen molar-refractivity contribution in [2.45, 2.75) is 13.0 Å². The van der Waals surface area contributed by atoms with E-state index in [0.29, 0.717) is 11.1 Å². The highest BCUT2D eigenvalue weighted by Gasteiger charge is 2.09. The lowest BCUT2D eigenvalue weighted by molar-refractivity contribution is 0.0734. The number of halogens is 1. The van der Waals surface area contributed by atoms with E-state index >= 15 is 0 Å². The number of carbonyl (C=O) groups is 1. The van der Waals surface area contributed by atoms with Crippen molar-refractivity contribution in [1.82, 2.24) is 0 Å². The molecule has 0 saturated heterocycles. The molecule has 2 aromatic rings. The minimum absolute atomic E-state index is 0.222. The molecule has 2 aromatic carbocycles. The molecule has 19 heavy (non-hydrogen) atoms. The molecule has 0 aliphatic rings. The van der Waals surface area contributed by atoms with Gasteiger partial charge in [0.25, 0.3) is 0 Å². The number of hydrogen-bond acceptors (Lipinski definition) is 2. The highest BCUT2D eigenvalue weighted by molar-refractivity contribution is 6.08. The molecule has 0 aliphatic carbocycles. The fraction of sp³-hybridized carbons (Fsp3) is 0.133. The van der Waals surface area contributed by atoms with Crippen LogP contribution in [0.3, 0.4) is 0 Å². The monoisotopic (exact) mass is 274 g/mol. The molecule has 0 bridgehead atoms. The van der Waals surface area contributed by atoms with Crippen LogP contribution in [-0.4, -0.2) is 16.2 Å². The Balaban J connectivity index is 2.13. The highest BCUT2D eigenvalue weighted by atomic mass is 28.1. The van der Waals surface area contributed by atoms with Gasteiger partial charge in [0.15, 0.2) is 0 Å². The van der Waals surface area contributed by atoms with E-state index in [9.17, 15) is 9.18 Å². The average Bonchev–Trinajstić information content (AvgIpc) is 2.43. The van der Waals surface area contributed by atoms with Gasteiger partial charge in [0.05, 0.1) is 5.56 Å². The predicted molar refractivity (Wildman–Crippen MR) is 76.2 cm³/mol. The molecule has 0 unspecified atom stereocenters. The maximum atomic E-state index is 13.3. The van der Waals surface area contributed by atoms with Crippen molar-refractivity contribution in [3.05, 3.63) is 65.0 Å². The van der Waals surface area contributed by atoms with Gasteiger partial charge in [-0.3, -0.25) is 0 Å². The summed E-state index contributed by atoms with van der Waals surface area (Å²) in [5, 5.41) is 0. The van der Waals surface area contributed by atoms with Crippen molar-refractivity contribution in [2.75, 3.05) is 0 Å². The summed E-state index contributed by atoms with van der Waals surface area (Å²) >= 11 is 0. The van der Waals surface area contributed by atoms with Crippen LogP contribution < -0.4 is 4.74 Å². The zero-order chi connectivity index (χ0) is 13.8. The second kappa shape index (κ2) is 5.80. The summed E-state index contributed by atoms with van der Waals surface area (Å²) in [5.41, 5.74) is 2.21. The van der Waals surface area contributed by atoms with Gasteiger partial charge in [0, 0.05) is 16.3 Å². The molecule has 0 spiro atoms. The summed E-state index contributed by atoms with van der Waals surface area (Å²) < 4.78 is 18.5. The third kappa shape index (κ3) is 3.29. The Morgan fingerprint density at radius 3 is 2.47 bits per heavy atom. The van der Waals surface area contributed by atoms with Crippen molar-refractivity contribution in [2.24, 2.45) is 0 Å². The molecule has 0 heterocycles. The van der Waals surface area contributed by atoms with Crippen molar-refractivity contribution in [3.8, 4) is 5.75 Å². The van der Waals surface area contributed by atoms with Gasteiger partial charge in [-0.2, -0.15) is 0 Å². The minimum atomic E-state index is -0.469. The standard InChI is InChI=1S/C15H15FO2Si/c1-10-2-7-13(8-14(10)16)18-15(17)12-5-3-11(9-19)4-6-12/h2-8H,9H2,1,19H3. The fourth-order valence-corrected chi connectivity index (χ4v) is 2.15. The average molecular weight is 274 g/mol. The third-order valence-electron chi connectivity index (χ3n) is 2.95. The molecule has 0 atom stereocenters. The fourth-order valence-electron chi connectivity index (χ4n) is 1.68. The molecule has 0 radical (unpaired) electrons. The first kappa shape index (κ1) is 13.5. The number of rotatable bonds is 3. The van der Waals surface area contributed by atoms with Crippen molar-refractivity contribution in [3.63, 3.8) is 0 Å². The van der Waals surface area contributed by atoms with Gasteiger partial charge in [0.1, 0.15) is 11.6 Å². The Morgan fingerprint density at radius 2 is 1.89 bits per heavy atom. The van der Waals surface area contributed by atoms with Crippen LogP contribution in [0.2, 0.25) is 0 Å². The molecule has 0 fully saturated rings. The number of hydrogen-bond donors (Lipinski definition) is 0. The molecular formula is C15H15FO2Si. The Hall–Kier alpha value is -1.94. The summed E-state index contributed by atoms with van der Waals surface area (Å²) in [7, 11) is 1.09. The van der Waals surface area contributed by atoms with E-state index in [-0.39, 0.29) is 11.6 Å². The predicted octanol–water partition coefficient (Wildman–Crippen LogP) is 2.22. The van der Waals surface area contributed by atoms with Crippen LogP contribution in [0.5, 0.6) is 5.75 Å². The lowest BCUT2D eigenvalue weighted by Gasteiger charge is -2.06. The van der Waals surface area contributed by atoms with E-state index in [1.807, 2.05) is 12.1 Å². The summed E-state index contributed by atoms with van der Waals surface area (Å²) in [6.45, 7) is 1.66. The van der Waals surface area contributed by atoms with Gasteiger partial charge in [-0.05, 0) is 36.7 Å². The summed E-state index contributed by atoms with van der Waals surface area (Å²) in [4.78, 5) is 11.9. The van der Waals surface area contributed by atoms with Crippen molar-refractivity contribution in [1.29, 1.82) is 0 Å². The first-order valence-corrected chi connectivity index (χ1v) is 7.59. The normalized spacial score (nSPS) is 10.4. The molecule has 0 aliphatic heterocycles. The zero-order valence-corrected chi connectivity index (χ0v) is 12.9. The molecule has 0 saturated carbocycles. The van der Waals surface area contributed by atoms with Gasteiger partial charge < -0.3 is 4.74 Å². The van der Waals surface area contributed by atoms with E-state index in [1.54, 1.807) is 31.2 Å². The van der Waals surface area contributed by atoms with Crippen LogP contribution in [-0.2, 0) is 6.04 Å². The van der Waals surface area contributed by atoms with Crippen LogP contribution >= 0.6 is 0 Å². The lowest BCUT2D eigenvalue weighted by Crippen LogP contribution is -2.08. The first-order chi connectivity index (χ1) is 9.10. The van der Waals surface area contributed by atoms with E-state index < -0.39 is 5.97 Å². The molecule has 0 N–H and O–H groups in total. The molecule has 2 nitrogen and oxygen atoms in total. The second-order valence-electron chi connectivity index (χ2n) is 4.35. The van der Waals surface area contributed by atoms with E-state index in [2.05, 4.69) is 0 Å². The lowest BCUT2D eigenvalue weighted by atomic mass is 10.1. The van der Waals surface area contributed by atoms with Crippen LogP contribution in [0, 0.1) is 12.7 Å². The molecule has 2 rings (SSSR count). The number of benzene rings is 2. The van der Waals surface area contributed by atoms with E-state index in [1.165, 1.54) is 11.6 Å². The Kier molecular flexibility index (Phi) is 4.12.